The van der Waals surface area contributed by atoms with Gasteiger partial charge in [0.05, 0.1) is 34.4 Å². The second kappa shape index (κ2) is 65.4. The molecule has 2 unspecified atom stereocenters. The zero-order valence-electron chi connectivity index (χ0n) is 55.2. The number of carbonyl (C=O) groups is 3. The van der Waals surface area contributed by atoms with Crippen LogP contribution in [0.2, 0.25) is 0 Å². The van der Waals surface area contributed by atoms with Crippen molar-refractivity contribution in [1.29, 1.82) is 0 Å². The van der Waals surface area contributed by atoms with Gasteiger partial charge in [0.1, 0.15) is 13.2 Å². The summed E-state index contributed by atoms with van der Waals surface area (Å²) in [5.41, 5.74) is 0. The van der Waals surface area contributed by atoms with E-state index < -0.39 is 24.3 Å². The minimum atomic E-state index is -1.52. The minimum Gasteiger partial charge on any atom is -0.477 e. The molecule has 85 heavy (non-hydrogen) atoms. The van der Waals surface area contributed by atoms with E-state index in [0.29, 0.717) is 17.4 Å². The zero-order valence-corrected chi connectivity index (χ0v) is 55.2. The van der Waals surface area contributed by atoms with Crippen molar-refractivity contribution in [2.45, 2.75) is 283 Å². The molecule has 0 aromatic rings. The maximum Gasteiger partial charge on any atom is 0.361 e. The van der Waals surface area contributed by atoms with Crippen LogP contribution in [0, 0.1) is 0 Å². The fourth-order valence-corrected chi connectivity index (χ4v) is 9.22. The number of rotatable bonds is 62. The number of quaternary nitrogens is 1. The van der Waals surface area contributed by atoms with Gasteiger partial charge >= 0.3 is 17.9 Å². The van der Waals surface area contributed by atoms with Gasteiger partial charge in [-0.05, 0) is 109 Å². The van der Waals surface area contributed by atoms with Crippen LogP contribution in [-0.4, -0.2) is 87.4 Å². The van der Waals surface area contributed by atoms with Crippen LogP contribution in [0.15, 0.2) is 134 Å². The highest BCUT2D eigenvalue weighted by molar-refractivity contribution is 5.71. The summed E-state index contributed by atoms with van der Waals surface area (Å²) in [6, 6.07) is 0. The van der Waals surface area contributed by atoms with E-state index in [0.717, 1.165) is 116 Å². The number of unbranched alkanes of at least 4 members (excludes halogenated alkanes) is 25. The van der Waals surface area contributed by atoms with Crippen LogP contribution in [0.1, 0.15) is 271 Å². The maximum absolute atomic E-state index is 12.9. The molecule has 0 saturated heterocycles. The number of esters is 2. The van der Waals surface area contributed by atoms with Gasteiger partial charge in [0.25, 0.3) is 6.29 Å². The number of allylic oxidation sites excluding steroid dienone is 22. The van der Waals surface area contributed by atoms with Gasteiger partial charge < -0.3 is 28.5 Å². The summed E-state index contributed by atoms with van der Waals surface area (Å²) in [4.78, 5) is 37.6. The van der Waals surface area contributed by atoms with Crippen molar-refractivity contribution in [3.63, 3.8) is 0 Å². The lowest BCUT2D eigenvalue weighted by molar-refractivity contribution is -0.870. The van der Waals surface area contributed by atoms with Gasteiger partial charge in [0, 0.05) is 12.8 Å². The number of ether oxygens (including phenoxy) is 4. The first-order valence-corrected chi connectivity index (χ1v) is 34.3. The van der Waals surface area contributed by atoms with Gasteiger partial charge in [-0.25, -0.2) is 4.79 Å². The number of nitrogens with zero attached hydrogens (tertiary/aromatic N) is 1. The molecule has 9 nitrogen and oxygen atoms in total. The number of carbonyl (C=O) groups excluding carboxylic acids is 2. The summed E-state index contributed by atoms with van der Waals surface area (Å²) in [6.45, 7) is 4.64. The maximum atomic E-state index is 12.9. The van der Waals surface area contributed by atoms with Crippen molar-refractivity contribution < 1.29 is 42.9 Å². The summed E-state index contributed by atoms with van der Waals surface area (Å²) in [7, 11) is 5.97. The van der Waals surface area contributed by atoms with E-state index >= 15 is 0 Å². The normalized spacial score (nSPS) is 13.6. The van der Waals surface area contributed by atoms with E-state index in [-0.39, 0.29) is 38.6 Å². The lowest BCUT2D eigenvalue weighted by Crippen LogP contribution is -2.40. The SMILES string of the molecule is CC/C=C\C/C=C\C/C=C\C/C=C\C/C=C\C/C=C\CCCCCCCCCCCCCCCCCCCCC(=O)OC(COC(=O)CCCCCCCCC/C=C\C/C=C\C/C=C\C/C=C\C/C=C\CC)COC(OCC[N+](C)(C)C)C(=O)O. The van der Waals surface area contributed by atoms with Gasteiger partial charge in [-0.15, -0.1) is 0 Å². The molecule has 0 aromatic heterocycles. The Kier molecular flexibility index (Phi) is 61.9. The Morgan fingerprint density at radius 2 is 0.635 bits per heavy atom. The second-order valence-electron chi connectivity index (χ2n) is 23.7. The van der Waals surface area contributed by atoms with Crippen LogP contribution in [-0.2, 0) is 33.3 Å². The standard InChI is InChI=1S/C76H127NO8/c1-6-8-10-12-14-16-18-20-22-24-26-28-30-31-32-33-34-35-36-37-38-39-40-41-42-43-45-47-49-51-53-55-57-59-61-63-65-67-74(79)85-72(71-84-76(75(80)81)82-69-68-77(3,4)5)70-83-73(78)66-64-62-60-58-56-54-52-50-48-46-44-29-27-25-23-21-19-17-15-13-11-9-7-2/h8-11,14-17,20-23,26-29,31-32,34-35,46,48,72,76H,6-7,12-13,18-19,24-25,30,33,36-45,47,49-71H2,1-5H3/p+1/b10-8-,11-9-,16-14-,17-15-,22-20-,23-21-,28-26-,29-27-,32-31-,35-34-,48-46-. The largest absolute Gasteiger partial charge is 0.477 e. The second-order valence-corrected chi connectivity index (χ2v) is 23.7. The third kappa shape index (κ3) is 66.8. The lowest BCUT2D eigenvalue weighted by atomic mass is 10.0. The zero-order chi connectivity index (χ0) is 61.9. The molecule has 0 spiro atoms. The molecular weight excluding hydrogens is 1050 g/mol. The van der Waals surface area contributed by atoms with Crippen molar-refractivity contribution in [3.8, 4) is 0 Å². The Morgan fingerprint density at radius 3 is 0.941 bits per heavy atom. The number of hydrogen-bond acceptors (Lipinski definition) is 7. The molecule has 0 bridgehead atoms. The first-order chi connectivity index (χ1) is 41.6. The summed E-state index contributed by atoms with van der Waals surface area (Å²) >= 11 is 0. The average molecular weight is 1180 g/mol. The molecule has 0 amide bonds. The first kappa shape index (κ1) is 80.4. The summed E-state index contributed by atoms with van der Waals surface area (Å²) in [6.07, 6.45) is 91.3. The highest BCUT2D eigenvalue weighted by Gasteiger charge is 2.25. The van der Waals surface area contributed by atoms with Crippen LogP contribution in [0.3, 0.4) is 0 Å². The first-order valence-electron chi connectivity index (χ1n) is 34.3. The Hall–Kier alpha value is -4.57. The van der Waals surface area contributed by atoms with Crippen molar-refractivity contribution in [2.24, 2.45) is 0 Å². The smallest absolute Gasteiger partial charge is 0.361 e. The Labute approximate surface area is 522 Å². The van der Waals surface area contributed by atoms with Gasteiger partial charge in [0.15, 0.2) is 6.10 Å². The highest BCUT2D eigenvalue weighted by atomic mass is 16.7. The molecular formula is C76H128NO8+. The average Bonchev–Trinajstić information content (AvgIpc) is 3.48. The third-order valence-electron chi connectivity index (χ3n) is 14.4. The predicted molar refractivity (Wildman–Crippen MR) is 364 cm³/mol. The van der Waals surface area contributed by atoms with E-state index in [1.165, 1.54) is 122 Å². The molecule has 0 rings (SSSR count). The monoisotopic (exact) mass is 1180 g/mol. The molecule has 9 heteroatoms. The van der Waals surface area contributed by atoms with Crippen LogP contribution in [0.25, 0.3) is 0 Å². The van der Waals surface area contributed by atoms with E-state index in [2.05, 4.69) is 148 Å². The molecule has 0 heterocycles. The summed E-state index contributed by atoms with van der Waals surface area (Å²) < 4.78 is 23.0. The summed E-state index contributed by atoms with van der Waals surface area (Å²) in [5, 5.41) is 9.74. The van der Waals surface area contributed by atoms with Gasteiger partial charge in [-0.3, -0.25) is 9.59 Å². The Morgan fingerprint density at radius 1 is 0.353 bits per heavy atom. The molecule has 0 saturated carbocycles. The van der Waals surface area contributed by atoms with Crippen molar-refractivity contribution in [1.82, 2.24) is 0 Å². The van der Waals surface area contributed by atoms with Crippen molar-refractivity contribution in [2.75, 3.05) is 47.5 Å². The van der Waals surface area contributed by atoms with Crippen LogP contribution < -0.4 is 0 Å². The van der Waals surface area contributed by atoms with Crippen LogP contribution in [0.4, 0.5) is 0 Å². The molecule has 0 aliphatic carbocycles. The lowest BCUT2D eigenvalue weighted by Gasteiger charge is -2.25. The number of carboxylic acid groups (broad SMARTS) is 1. The number of aliphatic carboxylic acids is 1. The van der Waals surface area contributed by atoms with E-state index in [4.69, 9.17) is 18.9 Å². The van der Waals surface area contributed by atoms with Crippen LogP contribution >= 0.6 is 0 Å². The van der Waals surface area contributed by atoms with Crippen LogP contribution in [0.5, 0.6) is 0 Å². The Balaban J connectivity index is 4.12. The van der Waals surface area contributed by atoms with Crippen molar-refractivity contribution in [3.05, 3.63) is 134 Å². The van der Waals surface area contributed by atoms with Gasteiger partial charge in [0.2, 0.25) is 0 Å². The quantitative estimate of drug-likeness (QED) is 0.0211. The number of likely N-dealkylation sites (N-methyl/N-ethyl adjacent to an activating group) is 1. The molecule has 1 N–H and O–H groups in total. The van der Waals surface area contributed by atoms with Crippen molar-refractivity contribution >= 4 is 17.9 Å². The third-order valence-corrected chi connectivity index (χ3v) is 14.4. The predicted octanol–water partition coefficient (Wildman–Crippen LogP) is 21.4. The van der Waals surface area contributed by atoms with Gasteiger partial charge in [-0.1, -0.05) is 282 Å². The topological polar surface area (TPSA) is 108 Å². The highest BCUT2D eigenvalue weighted by Crippen LogP contribution is 2.17. The Bertz CT molecular complexity index is 1860. The van der Waals surface area contributed by atoms with E-state index in [1.54, 1.807) is 0 Å². The summed E-state index contributed by atoms with van der Waals surface area (Å²) in [5.74, 6) is -2.02. The molecule has 484 valence electrons. The molecule has 0 aliphatic rings. The number of hydrogen-bond donors (Lipinski definition) is 1. The molecule has 0 aliphatic heterocycles. The molecule has 2 atom stereocenters. The molecule has 0 radical (unpaired) electrons. The minimum absolute atomic E-state index is 0.181. The molecule has 0 aromatic carbocycles. The molecule has 0 fully saturated rings. The number of carboxylic acids is 1. The van der Waals surface area contributed by atoms with E-state index in [1.807, 2.05) is 21.1 Å². The fourth-order valence-electron chi connectivity index (χ4n) is 9.22. The van der Waals surface area contributed by atoms with E-state index in [9.17, 15) is 19.5 Å². The fraction of sp³-hybridized carbons (Fsp3) is 0.671. The van der Waals surface area contributed by atoms with Gasteiger partial charge in [-0.2, -0.15) is 0 Å².